The summed E-state index contributed by atoms with van der Waals surface area (Å²) in [6.07, 6.45) is 1.84. The first-order valence-electron chi connectivity index (χ1n) is 6.18. The maximum atomic E-state index is 12.0. The van der Waals surface area contributed by atoms with Crippen molar-refractivity contribution in [3.8, 4) is 0 Å². The second-order valence-corrected chi connectivity index (χ2v) is 6.71. The number of nitrogen functional groups attached to an aromatic ring is 1. The van der Waals surface area contributed by atoms with E-state index in [0.717, 1.165) is 18.4 Å². The van der Waals surface area contributed by atoms with Crippen molar-refractivity contribution in [3.05, 3.63) is 23.8 Å². The van der Waals surface area contributed by atoms with Crippen molar-refractivity contribution in [1.29, 1.82) is 0 Å². The molecule has 0 fully saturated rings. The van der Waals surface area contributed by atoms with E-state index in [0.29, 0.717) is 18.2 Å². The Bertz CT molecular complexity index is 496. The number of anilines is 1. The third-order valence-corrected chi connectivity index (χ3v) is 4.24. The van der Waals surface area contributed by atoms with Crippen molar-refractivity contribution in [2.45, 2.75) is 38.5 Å². The lowest BCUT2D eigenvalue weighted by atomic mass is 10.1. The molecule has 0 aromatic heterocycles. The lowest BCUT2D eigenvalue weighted by molar-refractivity contribution is 0.540. The van der Waals surface area contributed by atoms with E-state index in [4.69, 9.17) is 5.73 Å². The molecule has 0 saturated carbocycles. The normalized spacial score (nSPS) is 12.0. The predicted molar refractivity (Wildman–Crippen MR) is 74.9 cm³/mol. The van der Waals surface area contributed by atoms with Gasteiger partial charge in [0.2, 0.25) is 10.0 Å². The SMILES string of the molecule is Cc1ccc(S(=O)(=O)NCCCC(C)C)c(N)c1. The van der Waals surface area contributed by atoms with Crippen LogP contribution in [0.15, 0.2) is 23.1 Å². The number of nitrogens with two attached hydrogens (primary N) is 1. The van der Waals surface area contributed by atoms with Crippen LogP contribution in [0.2, 0.25) is 0 Å². The van der Waals surface area contributed by atoms with Gasteiger partial charge in [0.15, 0.2) is 0 Å². The topological polar surface area (TPSA) is 72.2 Å². The third kappa shape index (κ3) is 4.31. The van der Waals surface area contributed by atoms with Gasteiger partial charge in [0.25, 0.3) is 0 Å². The summed E-state index contributed by atoms with van der Waals surface area (Å²) in [5.41, 5.74) is 6.99. The quantitative estimate of drug-likeness (QED) is 0.615. The summed E-state index contributed by atoms with van der Waals surface area (Å²) in [5, 5.41) is 0. The van der Waals surface area contributed by atoms with E-state index >= 15 is 0 Å². The van der Waals surface area contributed by atoms with Gasteiger partial charge in [-0.15, -0.1) is 0 Å². The summed E-state index contributed by atoms with van der Waals surface area (Å²) in [6.45, 7) is 6.57. The Hall–Kier alpha value is -1.07. The lowest BCUT2D eigenvalue weighted by Crippen LogP contribution is -2.25. The zero-order chi connectivity index (χ0) is 13.8. The number of rotatable bonds is 6. The first-order valence-corrected chi connectivity index (χ1v) is 7.67. The second kappa shape index (κ2) is 6.20. The van der Waals surface area contributed by atoms with Gasteiger partial charge in [0, 0.05) is 6.54 Å². The van der Waals surface area contributed by atoms with Crippen molar-refractivity contribution in [2.75, 3.05) is 12.3 Å². The fourth-order valence-electron chi connectivity index (χ4n) is 1.71. The standard InChI is InChI=1S/C13H22N2O2S/c1-10(2)5-4-8-15-18(16,17)13-7-6-11(3)9-12(13)14/h6-7,9-10,15H,4-5,8,14H2,1-3H3. The lowest BCUT2D eigenvalue weighted by Gasteiger charge is -2.10. The zero-order valence-electron chi connectivity index (χ0n) is 11.2. The number of benzene rings is 1. The number of hydrogen-bond donors (Lipinski definition) is 2. The molecule has 0 bridgehead atoms. The average Bonchev–Trinajstić information content (AvgIpc) is 2.23. The average molecular weight is 270 g/mol. The highest BCUT2D eigenvalue weighted by Gasteiger charge is 2.16. The molecule has 3 N–H and O–H groups in total. The molecule has 0 radical (unpaired) electrons. The van der Waals surface area contributed by atoms with Crippen LogP contribution in [0.4, 0.5) is 5.69 Å². The molecular formula is C13H22N2O2S. The van der Waals surface area contributed by atoms with Crippen molar-refractivity contribution >= 4 is 15.7 Å². The van der Waals surface area contributed by atoms with Crippen LogP contribution < -0.4 is 10.5 Å². The largest absolute Gasteiger partial charge is 0.398 e. The molecule has 1 rings (SSSR count). The molecule has 0 saturated heterocycles. The van der Waals surface area contributed by atoms with Gasteiger partial charge >= 0.3 is 0 Å². The van der Waals surface area contributed by atoms with Gasteiger partial charge in [-0.2, -0.15) is 0 Å². The van der Waals surface area contributed by atoms with E-state index in [-0.39, 0.29) is 4.90 Å². The molecule has 4 nitrogen and oxygen atoms in total. The van der Waals surface area contributed by atoms with Gasteiger partial charge in [-0.1, -0.05) is 19.9 Å². The second-order valence-electron chi connectivity index (χ2n) is 4.98. The Morgan fingerprint density at radius 3 is 2.56 bits per heavy atom. The van der Waals surface area contributed by atoms with Gasteiger partial charge in [-0.25, -0.2) is 13.1 Å². The fourth-order valence-corrected chi connectivity index (χ4v) is 2.89. The molecule has 1 aromatic rings. The Morgan fingerprint density at radius 2 is 2.00 bits per heavy atom. The molecule has 18 heavy (non-hydrogen) atoms. The fraction of sp³-hybridized carbons (Fsp3) is 0.538. The summed E-state index contributed by atoms with van der Waals surface area (Å²) in [7, 11) is -3.48. The first kappa shape index (κ1) is 15.0. The van der Waals surface area contributed by atoms with Gasteiger partial charge in [-0.05, 0) is 43.4 Å². The van der Waals surface area contributed by atoms with E-state index < -0.39 is 10.0 Å². The minimum atomic E-state index is -3.48. The number of nitrogens with one attached hydrogen (secondary N) is 1. The maximum absolute atomic E-state index is 12.0. The van der Waals surface area contributed by atoms with Crippen molar-refractivity contribution in [1.82, 2.24) is 4.72 Å². The minimum absolute atomic E-state index is 0.164. The highest BCUT2D eigenvalue weighted by Crippen LogP contribution is 2.19. The van der Waals surface area contributed by atoms with Crippen molar-refractivity contribution in [3.63, 3.8) is 0 Å². The van der Waals surface area contributed by atoms with Crippen LogP contribution in [0.1, 0.15) is 32.3 Å². The van der Waals surface area contributed by atoms with E-state index in [1.807, 2.05) is 6.92 Å². The Kier molecular flexibility index (Phi) is 5.16. The Labute approximate surface area is 110 Å². The van der Waals surface area contributed by atoms with Crippen molar-refractivity contribution < 1.29 is 8.42 Å². The van der Waals surface area contributed by atoms with Crippen LogP contribution in [0.3, 0.4) is 0 Å². The smallest absolute Gasteiger partial charge is 0.242 e. The third-order valence-electron chi connectivity index (χ3n) is 2.71. The molecule has 5 heteroatoms. The first-order chi connectivity index (χ1) is 8.33. The van der Waals surface area contributed by atoms with E-state index in [1.165, 1.54) is 0 Å². The Balaban J connectivity index is 2.69. The Morgan fingerprint density at radius 1 is 1.33 bits per heavy atom. The number of sulfonamides is 1. The highest BCUT2D eigenvalue weighted by molar-refractivity contribution is 7.89. The molecule has 0 amide bonds. The van der Waals surface area contributed by atoms with Gasteiger partial charge < -0.3 is 5.73 Å². The summed E-state index contributed by atoms with van der Waals surface area (Å²) in [5.74, 6) is 0.582. The minimum Gasteiger partial charge on any atom is -0.398 e. The van der Waals surface area contributed by atoms with Crippen molar-refractivity contribution in [2.24, 2.45) is 5.92 Å². The zero-order valence-corrected chi connectivity index (χ0v) is 12.0. The van der Waals surface area contributed by atoms with Crippen LogP contribution in [-0.2, 0) is 10.0 Å². The number of aryl methyl sites for hydroxylation is 1. The van der Waals surface area contributed by atoms with Crippen LogP contribution in [0.5, 0.6) is 0 Å². The predicted octanol–water partition coefficient (Wildman–Crippen LogP) is 2.29. The maximum Gasteiger partial charge on any atom is 0.242 e. The van der Waals surface area contributed by atoms with Crippen LogP contribution in [-0.4, -0.2) is 15.0 Å². The molecule has 102 valence electrons. The molecule has 0 atom stereocenters. The molecule has 0 aliphatic heterocycles. The summed E-state index contributed by atoms with van der Waals surface area (Å²) >= 11 is 0. The van der Waals surface area contributed by atoms with E-state index in [1.54, 1.807) is 18.2 Å². The highest BCUT2D eigenvalue weighted by atomic mass is 32.2. The van der Waals surface area contributed by atoms with Gasteiger partial charge in [0.1, 0.15) is 4.90 Å². The van der Waals surface area contributed by atoms with Crippen LogP contribution in [0.25, 0.3) is 0 Å². The molecular weight excluding hydrogens is 248 g/mol. The van der Waals surface area contributed by atoms with E-state index in [9.17, 15) is 8.42 Å². The van der Waals surface area contributed by atoms with Crippen LogP contribution in [0, 0.1) is 12.8 Å². The summed E-state index contributed by atoms with van der Waals surface area (Å²) in [4.78, 5) is 0.164. The summed E-state index contributed by atoms with van der Waals surface area (Å²) in [6, 6.07) is 4.97. The molecule has 1 aromatic carbocycles. The van der Waals surface area contributed by atoms with E-state index in [2.05, 4.69) is 18.6 Å². The molecule has 0 spiro atoms. The molecule has 0 aliphatic carbocycles. The monoisotopic (exact) mass is 270 g/mol. The van der Waals surface area contributed by atoms with Gasteiger partial charge in [0.05, 0.1) is 5.69 Å². The van der Waals surface area contributed by atoms with Crippen LogP contribution >= 0.6 is 0 Å². The van der Waals surface area contributed by atoms with Gasteiger partial charge in [-0.3, -0.25) is 0 Å². The molecule has 0 aliphatic rings. The molecule has 0 unspecified atom stereocenters. The number of hydrogen-bond acceptors (Lipinski definition) is 3. The molecule has 0 heterocycles. The summed E-state index contributed by atoms with van der Waals surface area (Å²) < 4.78 is 26.6.